The van der Waals surface area contributed by atoms with Crippen LogP contribution >= 0.6 is 11.3 Å². The molecule has 12 aromatic rings. The Kier molecular flexibility index (Phi) is 7.72. The second-order valence-corrected chi connectivity index (χ2v) is 17.4. The fourth-order valence-electron chi connectivity index (χ4n) is 10.5. The zero-order valence-corrected chi connectivity index (χ0v) is 34.4. The van der Waals surface area contributed by atoms with Crippen molar-refractivity contribution < 1.29 is 4.42 Å². The molecule has 10 aromatic carbocycles. The van der Waals surface area contributed by atoms with E-state index in [0.29, 0.717) is 0 Å². The molecule has 1 aliphatic rings. The smallest absolute Gasteiger partial charge is 0.137 e. The Morgan fingerprint density at radius 3 is 1.71 bits per heavy atom. The molecule has 0 radical (unpaired) electrons. The first-order chi connectivity index (χ1) is 30.7. The fraction of sp³-hybridized carbons (Fsp3) is 0.0169. The lowest BCUT2D eigenvalue weighted by Gasteiger charge is -2.35. The SMILES string of the molecule is c1ccc(N(c2ccc3c(c2)oc2ccccc23)c2ccc3sc4ccc(-c5cc6c(c7ccccc57)C(c5ccccc5)(c5ccccc5)c5ccccc5-6)cc4c3c2)cc1. The van der Waals surface area contributed by atoms with E-state index in [2.05, 4.69) is 217 Å². The van der Waals surface area contributed by atoms with Crippen molar-refractivity contribution in [2.24, 2.45) is 0 Å². The molecule has 0 amide bonds. The van der Waals surface area contributed by atoms with Crippen LogP contribution in [0.4, 0.5) is 17.1 Å². The fourth-order valence-corrected chi connectivity index (χ4v) is 11.6. The van der Waals surface area contributed by atoms with Gasteiger partial charge in [0.15, 0.2) is 0 Å². The molecule has 13 rings (SSSR count). The average molecular weight is 808 g/mol. The van der Waals surface area contributed by atoms with Crippen molar-refractivity contribution in [3.05, 3.63) is 247 Å². The summed E-state index contributed by atoms with van der Waals surface area (Å²) < 4.78 is 8.94. The summed E-state index contributed by atoms with van der Waals surface area (Å²) in [6.45, 7) is 0. The van der Waals surface area contributed by atoms with Gasteiger partial charge in [-0.05, 0) is 122 Å². The Morgan fingerprint density at radius 2 is 0.935 bits per heavy atom. The summed E-state index contributed by atoms with van der Waals surface area (Å²) in [6, 6.07) is 82.3. The second kappa shape index (κ2) is 13.7. The molecule has 2 nitrogen and oxygen atoms in total. The van der Waals surface area contributed by atoms with Gasteiger partial charge in [0.05, 0.1) is 5.41 Å². The Hall–Kier alpha value is -7.72. The number of thiophene rings is 1. The number of rotatable bonds is 6. The molecular formula is C59H37NOS. The molecule has 0 fully saturated rings. The highest BCUT2D eigenvalue weighted by molar-refractivity contribution is 7.25. The predicted octanol–water partition coefficient (Wildman–Crippen LogP) is 16.6. The molecule has 0 aliphatic heterocycles. The molecule has 2 heterocycles. The van der Waals surface area contributed by atoms with Crippen molar-refractivity contribution in [2.45, 2.75) is 5.41 Å². The zero-order chi connectivity index (χ0) is 40.8. The van der Waals surface area contributed by atoms with Crippen LogP contribution < -0.4 is 4.90 Å². The molecule has 0 atom stereocenters. The van der Waals surface area contributed by atoms with Gasteiger partial charge in [-0.25, -0.2) is 0 Å². The van der Waals surface area contributed by atoms with Crippen molar-refractivity contribution in [3.8, 4) is 22.3 Å². The number of hydrogen-bond donors (Lipinski definition) is 0. The molecule has 290 valence electrons. The van der Waals surface area contributed by atoms with E-state index in [1.165, 1.54) is 75.5 Å². The molecule has 0 saturated heterocycles. The summed E-state index contributed by atoms with van der Waals surface area (Å²) >= 11 is 1.86. The van der Waals surface area contributed by atoms with Crippen LogP contribution in [0.15, 0.2) is 229 Å². The first kappa shape index (κ1) is 35.1. The Morgan fingerprint density at radius 1 is 0.355 bits per heavy atom. The maximum Gasteiger partial charge on any atom is 0.137 e. The number of anilines is 3. The monoisotopic (exact) mass is 807 g/mol. The standard InChI is InChI=1S/C59H37NOS/c1-4-16-39(17-5-1)59(40-18-6-2-7-19-40)53-26-14-12-23-45(53)52-37-49(44-22-10-11-25-48(44)58(52)59)38-28-32-56-50(34-38)51-35-42(30-33-57(51)62-56)60(41-20-8-3-9-21-41)43-29-31-47-46-24-13-15-27-54(46)61-55(47)36-43/h1-37H. The van der Waals surface area contributed by atoms with Gasteiger partial charge < -0.3 is 9.32 Å². The highest BCUT2D eigenvalue weighted by atomic mass is 32.1. The minimum Gasteiger partial charge on any atom is -0.456 e. The van der Waals surface area contributed by atoms with Crippen LogP contribution in [0.5, 0.6) is 0 Å². The number of fused-ring (bicyclic) bond motifs is 11. The van der Waals surface area contributed by atoms with E-state index in [0.717, 1.165) is 39.0 Å². The summed E-state index contributed by atoms with van der Waals surface area (Å²) in [5.41, 5.74) is 14.8. The Bertz CT molecular complexity index is 3660. The third-order valence-corrected chi connectivity index (χ3v) is 14.3. The number of furan rings is 1. The molecule has 3 heteroatoms. The van der Waals surface area contributed by atoms with Crippen molar-refractivity contribution in [1.82, 2.24) is 0 Å². The van der Waals surface area contributed by atoms with Gasteiger partial charge in [-0.1, -0.05) is 152 Å². The molecule has 62 heavy (non-hydrogen) atoms. The topological polar surface area (TPSA) is 16.4 Å². The third-order valence-electron chi connectivity index (χ3n) is 13.1. The molecule has 0 bridgehead atoms. The Balaban J connectivity index is 1.01. The van der Waals surface area contributed by atoms with Gasteiger partial charge in [0.1, 0.15) is 11.2 Å². The quantitative estimate of drug-likeness (QED) is 0.166. The molecule has 0 N–H and O–H groups in total. The highest BCUT2D eigenvalue weighted by Crippen LogP contribution is 2.59. The minimum atomic E-state index is -0.476. The first-order valence-corrected chi connectivity index (χ1v) is 22.1. The van der Waals surface area contributed by atoms with E-state index in [4.69, 9.17) is 4.42 Å². The number of nitrogens with zero attached hydrogens (tertiary/aromatic N) is 1. The van der Waals surface area contributed by atoms with Gasteiger partial charge in [0.25, 0.3) is 0 Å². The number of benzene rings is 10. The summed E-state index contributed by atoms with van der Waals surface area (Å²) in [7, 11) is 0. The molecular weight excluding hydrogens is 771 g/mol. The second-order valence-electron chi connectivity index (χ2n) is 16.4. The van der Waals surface area contributed by atoms with Gasteiger partial charge in [-0.15, -0.1) is 11.3 Å². The number of hydrogen-bond acceptors (Lipinski definition) is 3. The van der Waals surface area contributed by atoms with Crippen LogP contribution in [0.2, 0.25) is 0 Å². The van der Waals surface area contributed by atoms with Crippen molar-refractivity contribution in [1.29, 1.82) is 0 Å². The van der Waals surface area contributed by atoms with Gasteiger partial charge in [-0.2, -0.15) is 0 Å². The molecule has 0 spiro atoms. The van der Waals surface area contributed by atoms with Crippen molar-refractivity contribution >= 4 is 81.3 Å². The molecule has 0 saturated carbocycles. The maximum absolute atomic E-state index is 6.39. The lowest BCUT2D eigenvalue weighted by atomic mass is 9.66. The third kappa shape index (κ3) is 5.09. The zero-order valence-electron chi connectivity index (χ0n) is 33.6. The van der Waals surface area contributed by atoms with E-state index < -0.39 is 5.41 Å². The van der Waals surface area contributed by atoms with Gasteiger partial charge in [0.2, 0.25) is 0 Å². The van der Waals surface area contributed by atoms with E-state index >= 15 is 0 Å². The molecule has 1 aliphatic carbocycles. The van der Waals surface area contributed by atoms with E-state index in [9.17, 15) is 0 Å². The van der Waals surface area contributed by atoms with Crippen LogP contribution in [0.25, 0.3) is 75.1 Å². The van der Waals surface area contributed by atoms with Crippen LogP contribution in [-0.2, 0) is 5.41 Å². The van der Waals surface area contributed by atoms with E-state index in [1.54, 1.807) is 0 Å². The summed E-state index contributed by atoms with van der Waals surface area (Å²) in [4.78, 5) is 2.34. The molecule has 2 aromatic heterocycles. The van der Waals surface area contributed by atoms with Crippen molar-refractivity contribution in [3.63, 3.8) is 0 Å². The van der Waals surface area contributed by atoms with Gasteiger partial charge in [-0.3, -0.25) is 0 Å². The minimum absolute atomic E-state index is 0.476. The van der Waals surface area contributed by atoms with Crippen molar-refractivity contribution in [2.75, 3.05) is 4.90 Å². The van der Waals surface area contributed by atoms with Crippen LogP contribution in [0.3, 0.4) is 0 Å². The van der Waals surface area contributed by atoms with E-state index in [1.807, 2.05) is 23.5 Å². The van der Waals surface area contributed by atoms with Crippen LogP contribution in [0, 0.1) is 0 Å². The lowest BCUT2D eigenvalue weighted by molar-refractivity contribution is 0.669. The maximum atomic E-state index is 6.39. The van der Waals surface area contributed by atoms with E-state index in [-0.39, 0.29) is 0 Å². The predicted molar refractivity (Wildman–Crippen MR) is 262 cm³/mol. The lowest BCUT2D eigenvalue weighted by Crippen LogP contribution is -2.28. The van der Waals surface area contributed by atoms with Gasteiger partial charge >= 0.3 is 0 Å². The largest absolute Gasteiger partial charge is 0.456 e. The summed E-state index contributed by atoms with van der Waals surface area (Å²) in [5, 5.41) is 7.30. The van der Waals surface area contributed by atoms with Gasteiger partial charge in [0, 0.05) is 54.1 Å². The molecule has 0 unspecified atom stereocenters. The highest BCUT2D eigenvalue weighted by Gasteiger charge is 2.47. The van der Waals surface area contributed by atoms with Crippen LogP contribution in [-0.4, -0.2) is 0 Å². The average Bonchev–Trinajstić information content (AvgIpc) is 4.00. The summed E-state index contributed by atoms with van der Waals surface area (Å²) in [6.07, 6.45) is 0. The number of para-hydroxylation sites is 2. The first-order valence-electron chi connectivity index (χ1n) is 21.2. The normalized spacial score (nSPS) is 13.0. The Labute approximate surface area is 363 Å². The summed E-state index contributed by atoms with van der Waals surface area (Å²) in [5.74, 6) is 0. The van der Waals surface area contributed by atoms with Crippen LogP contribution in [0.1, 0.15) is 22.3 Å².